The number of hydrogen-bond acceptors (Lipinski definition) is 3. The molecule has 22 heavy (non-hydrogen) atoms. The molecule has 0 aliphatic carbocycles. The maximum atomic E-state index is 10.5. The fraction of sp³-hybridized carbons (Fsp3) is 0.579. The molecule has 0 saturated heterocycles. The van der Waals surface area contributed by atoms with Crippen LogP contribution >= 0.6 is 0 Å². The van der Waals surface area contributed by atoms with Gasteiger partial charge < -0.3 is 14.9 Å². The summed E-state index contributed by atoms with van der Waals surface area (Å²) in [6.45, 7) is 9.68. The second-order valence-electron chi connectivity index (χ2n) is 7.02. The van der Waals surface area contributed by atoms with Crippen LogP contribution in [-0.4, -0.2) is 22.9 Å². The van der Waals surface area contributed by atoms with Crippen molar-refractivity contribution < 1.29 is 14.9 Å². The van der Waals surface area contributed by atoms with Gasteiger partial charge in [-0.05, 0) is 62.6 Å². The van der Waals surface area contributed by atoms with Crippen LogP contribution in [0.1, 0.15) is 58.1 Å². The Labute approximate surface area is 134 Å². The predicted octanol–water partition coefficient (Wildman–Crippen LogP) is 4.25. The van der Waals surface area contributed by atoms with E-state index in [4.69, 9.17) is 4.74 Å². The molecule has 0 saturated carbocycles. The van der Waals surface area contributed by atoms with Crippen LogP contribution in [0.15, 0.2) is 36.9 Å². The Bertz CT molecular complexity index is 459. The molecule has 0 aliphatic rings. The number of ether oxygens (including phenoxy) is 1. The average Bonchev–Trinajstić information content (AvgIpc) is 2.46. The smallest absolute Gasteiger partial charge is 0.118 e. The largest absolute Gasteiger partial charge is 0.497 e. The molecule has 0 heterocycles. The van der Waals surface area contributed by atoms with E-state index in [0.717, 1.165) is 30.6 Å². The van der Waals surface area contributed by atoms with E-state index in [1.807, 2.05) is 44.2 Å². The van der Waals surface area contributed by atoms with Crippen LogP contribution in [0, 0.1) is 5.41 Å². The van der Waals surface area contributed by atoms with E-state index in [2.05, 4.69) is 13.5 Å². The van der Waals surface area contributed by atoms with E-state index < -0.39 is 11.7 Å². The number of methoxy groups -OCH3 is 1. The normalized spacial score (nSPS) is 15.9. The van der Waals surface area contributed by atoms with Gasteiger partial charge in [-0.3, -0.25) is 0 Å². The SMILES string of the molecule is C=C[C@](C)(CCCC(C)(C)O)C[C@H](O)c1ccc(OC)cc1. The molecular weight excluding hydrogens is 276 g/mol. The number of aliphatic hydroxyl groups excluding tert-OH is 1. The van der Waals surface area contributed by atoms with Crippen LogP contribution in [0.3, 0.4) is 0 Å². The zero-order valence-electron chi connectivity index (χ0n) is 14.3. The fourth-order valence-corrected chi connectivity index (χ4v) is 2.60. The molecule has 3 heteroatoms. The van der Waals surface area contributed by atoms with Gasteiger partial charge in [0.25, 0.3) is 0 Å². The van der Waals surface area contributed by atoms with Gasteiger partial charge in [0.15, 0.2) is 0 Å². The molecule has 0 bridgehead atoms. The Kier molecular flexibility index (Phi) is 6.64. The first-order valence-corrected chi connectivity index (χ1v) is 7.87. The lowest BCUT2D eigenvalue weighted by Crippen LogP contribution is -2.21. The molecule has 2 N–H and O–H groups in total. The number of aliphatic hydroxyl groups is 2. The van der Waals surface area contributed by atoms with E-state index in [9.17, 15) is 10.2 Å². The van der Waals surface area contributed by atoms with Gasteiger partial charge >= 0.3 is 0 Å². The van der Waals surface area contributed by atoms with Crippen molar-refractivity contribution in [1.29, 1.82) is 0 Å². The molecule has 0 unspecified atom stereocenters. The van der Waals surface area contributed by atoms with Crippen molar-refractivity contribution in [3.63, 3.8) is 0 Å². The van der Waals surface area contributed by atoms with Crippen LogP contribution in [0.2, 0.25) is 0 Å². The van der Waals surface area contributed by atoms with Gasteiger partial charge in [-0.2, -0.15) is 0 Å². The molecule has 0 aliphatic heterocycles. The van der Waals surface area contributed by atoms with Gasteiger partial charge in [0.1, 0.15) is 5.75 Å². The summed E-state index contributed by atoms with van der Waals surface area (Å²) in [4.78, 5) is 0. The minimum absolute atomic E-state index is 0.148. The maximum Gasteiger partial charge on any atom is 0.118 e. The number of hydrogen-bond donors (Lipinski definition) is 2. The Morgan fingerprint density at radius 1 is 1.18 bits per heavy atom. The summed E-state index contributed by atoms with van der Waals surface area (Å²) in [6, 6.07) is 7.50. The highest BCUT2D eigenvalue weighted by Gasteiger charge is 2.26. The standard InChI is InChI=1S/C19H30O3/c1-6-19(4,13-7-12-18(2,3)21)14-17(20)15-8-10-16(22-5)11-9-15/h6,8-11,17,20-21H,1,7,12-14H2,2-5H3/t17-,19+/m0/s1. The minimum Gasteiger partial charge on any atom is -0.497 e. The van der Waals surface area contributed by atoms with E-state index in [1.54, 1.807) is 7.11 Å². The molecule has 0 radical (unpaired) electrons. The molecule has 2 atom stereocenters. The molecule has 0 fully saturated rings. The molecule has 0 amide bonds. The van der Waals surface area contributed by atoms with E-state index in [-0.39, 0.29) is 5.41 Å². The van der Waals surface area contributed by atoms with Gasteiger partial charge in [-0.15, -0.1) is 6.58 Å². The summed E-state index contributed by atoms with van der Waals surface area (Å²) in [5.74, 6) is 0.785. The van der Waals surface area contributed by atoms with Crippen molar-refractivity contribution in [2.24, 2.45) is 5.41 Å². The third kappa shape index (κ3) is 6.20. The highest BCUT2D eigenvalue weighted by Crippen LogP contribution is 2.36. The monoisotopic (exact) mass is 306 g/mol. The number of allylic oxidation sites excluding steroid dienone is 1. The van der Waals surface area contributed by atoms with Crippen LogP contribution in [0.25, 0.3) is 0 Å². The summed E-state index contributed by atoms with van der Waals surface area (Å²) in [5.41, 5.74) is 0.0951. The molecule has 1 aromatic carbocycles. The summed E-state index contributed by atoms with van der Waals surface area (Å²) >= 11 is 0. The van der Waals surface area contributed by atoms with Gasteiger partial charge in [0.05, 0.1) is 18.8 Å². The average molecular weight is 306 g/mol. The van der Waals surface area contributed by atoms with Crippen molar-refractivity contribution in [2.75, 3.05) is 7.11 Å². The quantitative estimate of drug-likeness (QED) is 0.670. The van der Waals surface area contributed by atoms with E-state index in [1.165, 1.54) is 0 Å². The Morgan fingerprint density at radius 3 is 2.23 bits per heavy atom. The Hall–Kier alpha value is -1.32. The molecule has 0 aromatic heterocycles. The number of rotatable bonds is 9. The zero-order valence-corrected chi connectivity index (χ0v) is 14.3. The van der Waals surface area contributed by atoms with Crippen LogP contribution in [-0.2, 0) is 0 Å². The Balaban J connectivity index is 2.64. The van der Waals surface area contributed by atoms with Gasteiger partial charge in [0.2, 0.25) is 0 Å². The molecule has 1 rings (SSSR count). The lowest BCUT2D eigenvalue weighted by atomic mass is 9.78. The first kappa shape index (κ1) is 18.7. The fourth-order valence-electron chi connectivity index (χ4n) is 2.60. The second kappa shape index (κ2) is 7.80. The van der Waals surface area contributed by atoms with Crippen molar-refractivity contribution in [2.45, 2.75) is 58.2 Å². The highest BCUT2D eigenvalue weighted by molar-refractivity contribution is 5.28. The van der Waals surface area contributed by atoms with Crippen molar-refractivity contribution >= 4 is 0 Å². The first-order chi connectivity index (χ1) is 10.2. The van der Waals surface area contributed by atoms with Crippen LogP contribution < -0.4 is 4.74 Å². The molecule has 124 valence electrons. The highest BCUT2D eigenvalue weighted by atomic mass is 16.5. The molecule has 3 nitrogen and oxygen atoms in total. The van der Waals surface area contributed by atoms with Crippen LogP contribution in [0.4, 0.5) is 0 Å². The summed E-state index contributed by atoms with van der Waals surface area (Å²) in [7, 11) is 1.63. The van der Waals surface area contributed by atoms with E-state index in [0.29, 0.717) is 6.42 Å². The van der Waals surface area contributed by atoms with E-state index >= 15 is 0 Å². The summed E-state index contributed by atoms with van der Waals surface area (Å²) < 4.78 is 5.13. The van der Waals surface area contributed by atoms with Crippen molar-refractivity contribution in [3.8, 4) is 5.75 Å². The second-order valence-corrected chi connectivity index (χ2v) is 7.02. The van der Waals surface area contributed by atoms with Gasteiger partial charge in [-0.1, -0.05) is 25.1 Å². The number of benzene rings is 1. The molecule has 0 spiro atoms. The van der Waals surface area contributed by atoms with Crippen molar-refractivity contribution in [3.05, 3.63) is 42.5 Å². The minimum atomic E-state index is -0.642. The third-order valence-corrected chi connectivity index (χ3v) is 4.19. The maximum absolute atomic E-state index is 10.5. The Morgan fingerprint density at radius 2 is 1.77 bits per heavy atom. The van der Waals surface area contributed by atoms with Crippen LogP contribution in [0.5, 0.6) is 5.75 Å². The zero-order chi connectivity index (χ0) is 16.8. The molecular formula is C19H30O3. The van der Waals surface area contributed by atoms with Crippen molar-refractivity contribution in [1.82, 2.24) is 0 Å². The topological polar surface area (TPSA) is 49.7 Å². The lowest BCUT2D eigenvalue weighted by Gasteiger charge is -2.30. The van der Waals surface area contributed by atoms with Gasteiger partial charge in [-0.25, -0.2) is 0 Å². The lowest BCUT2D eigenvalue weighted by molar-refractivity contribution is 0.0623. The predicted molar refractivity (Wildman–Crippen MR) is 91.0 cm³/mol. The molecule has 1 aromatic rings. The third-order valence-electron chi connectivity index (χ3n) is 4.19. The summed E-state index contributed by atoms with van der Waals surface area (Å²) in [6.07, 6.45) is 4.55. The summed E-state index contributed by atoms with van der Waals surface area (Å²) in [5, 5.41) is 20.3. The first-order valence-electron chi connectivity index (χ1n) is 7.87. The van der Waals surface area contributed by atoms with Gasteiger partial charge in [0, 0.05) is 0 Å².